The van der Waals surface area contributed by atoms with E-state index in [1.54, 1.807) is 0 Å². The fourth-order valence-electron chi connectivity index (χ4n) is 4.86. The predicted molar refractivity (Wildman–Crippen MR) is 121 cm³/mol. The van der Waals surface area contributed by atoms with Gasteiger partial charge in [-0.25, -0.2) is 9.99 Å². The lowest BCUT2D eigenvalue weighted by Gasteiger charge is -2.32. The summed E-state index contributed by atoms with van der Waals surface area (Å²) in [5, 5.41) is 2.55. The number of hydrogen-bond donors (Lipinski definition) is 1. The number of hydrogen-bond acceptors (Lipinski definition) is 6. The molecule has 8 heteroatoms. The Morgan fingerprint density at radius 1 is 1.10 bits per heavy atom. The van der Waals surface area contributed by atoms with Crippen molar-refractivity contribution in [3.05, 3.63) is 11.6 Å². The van der Waals surface area contributed by atoms with E-state index in [4.69, 9.17) is 16.3 Å². The molecule has 7 nitrogen and oxygen atoms in total. The minimum absolute atomic E-state index is 0.284. The number of hydrazine groups is 1. The van der Waals surface area contributed by atoms with Gasteiger partial charge in [0.15, 0.2) is 17.0 Å². The normalized spacial score (nSPS) is 19.1. The Bertz CT molecular complexity index is 798. The molecular weight excluding hydrogens is 400 g/mol. The molecule has 2 aromatic rings. The highest BCUT2D eigenvalue weighted by molar-refractivity contribution is 6.28. The molecule has 0 radical (unpaired) electrons. The van der Waals surface area contributed by atoms with Crippen LogP contribution >= 0.6 is 11.6 Å². The molecule has 4 rings (SSSR count). The summed E-state index contributed by atoms with van der Waals surface area (Å²) in [6, 6.07) is 0.484. The average molecular weight is 435 g/mol. The van der Waals surface area contributed by atoms with Crippen molar-refractivity contribution in [1.29, 1.82) is 0 Å². The van der Waals surface area contributed by atoms with E-state index in [9.17, 15) is 0 Å². The van der Waals surface area contributed by atoms with Crippen LogP contribution in [-0.4, -0.2) is 50.8 Å². The Hall–Kier alpha value is -1.44. The molecule has 2 aromatic heterocycles. The molecule has 30 heavy (non-hydrogen) atoms. The summed E-state index contributed by atoms with van der Waals surface area (Å²) in [4.78, 5) is 13.6. The first-order valence-electron chi connectivity index (χ1n) is 11.7. The standard InChI is InChI=1S/C22H35ClN6O/c1-2-30-15-7-3-4-8-17-11-13-28(14-12-17)27-20-19-21(26-22(23)25-20)29(16-24-19)18-9-5-6-10-18/h16-18H,2-15H2,1H3,(H,25,26,27). The quantitative estimate of drug-likeness (QED) is 0.408. The number of unbranched alkanes of at least 4 members (excludes halogenated alkanes) is 2. The topological polar surface area (TPSA) is 68.1 Å². The van der Waals surface area contributed by atoms with E-state index < -0.39 is 0 Å². The number of fused-ring (bicyclic) bond motifs is 1. The van der Waals surface area contributed by atoms with Gasteiger partial charge in [0.2, 0.25) is 5.28 Å². The molecule has 166 valence electrons. The third-order valence-corrected chi connectivity index (χ3v) is 6.76. The van der Waals surface area contributed by atoms with Crippen LogP contribution in [0.3, 0.4) is 0 Å². The van der Waals surface area contributed by atoms with E-state index in [1.807, 2.05) is 6.33 Å². The van der Waals surface area contributed by atoms with Gasteiger partial charge in [-0.15, -0.1) is 0 Å². The smallest absolute Gasteiger partial charge is 0.226 e. The minimum Gasteiger partial charge on any atom is -0.382 e. The van der Waals surface area contributed by atoms with E-state index in [0.29, 0.717) is 6.04 Å². The second-order valence-corrected chi connectivity index (χ2v) is 9.03. The van der Waals surface area contributed by atoms with E-state index >= 15 is 0 Å². The Labute approximate surface area is 184 Å². The molecule has 0 bridgehead atoms. The van der Waals surface area contributed by atoms with Crippen molar-refractivity contribution in [3.63, 3.8) is 0 Å². The van der Waals surface area contributed by atoms with Crippen LogP contribution in [-0.2, 0) is 4.74 Å². The van der Waals surface area contributed by atoms with Crippen LogP contribution in [0.4, 0.5) is 5.82 Å². The summed E-state index contributed by atoms with van der Waals surface area (Å²) in [6.07, 6.45) is 14.4. The van der Waals surface area contributed by atoms with Gasteiger partial charge in [0.25, 0.3) is 0 Å². The summed E-state index contributed by atoms with van der Waals surface area (Å²) >= 11 is 6.27. The zero-order chi connectivity index (χ0) is 20.8. The molecule has 1 saturated carbocycles. The number of ether oxygens (including phenoxy) is 1. The summed E-state index contributed by atoms with van der Waals surface area (Å²) in [5.41, 5.74) is 5.16. The fraction of sp³-hybridized carbons (Fsp3) is 0.773. The largest absolute Gasteiger partial charge is 0.382 e. The zero-order valence-electron chi connectivity index (χ0n) is 18.2. The molecule has 1 N–H and O–H groups in total. The average Bonchev–Trinajstić information content (AvgIpc) is 3.41. The lowest BCUT2D eigenvalue weighted by Crippen LogP contribution is -2.38. The van der Waals surface area contributed by atoms with Gasteiger partial charge in [-0.05, 0) is 56.5 Å². The van der Waals surface area contributed by atoms with E-state index in [-0.39, 0.29) is 5.28 Å². The number of halogens is 1. The summed E-state index contributed by atoms with van der Waals surface area (Å²) in [7, 11) is 0. The summed E-state index contributed by atoms with van der Waals surface area (Å²) in [5.74, 6) is 1.56. The van der Waals surface area contributed by atoms with Gasteiger partial charge in [0, 0.05) is 32.3 Å². The van der Waals surface area contributed by atoms with Crippen molar-refractivity contribution >= 4 is 28.6 Å². The molecule has 3 heterocycles. The second kappa shape index (κ2) is 10.7. The molecule has 1 aliphatic carbocycles. The number of nitrogens with one attached hydrogen (secondary N) is 1. The molecule has 0 spiro atoms. The highest BCUT2D eigenvalue weighted by atomic mass is 35.5. The maximum absolute atomic E-state index is 6.27. The van der Waals surface area contributed by atoms with Crippen LogP contribution in [0.2, 0.25) is 5.28 Å². The van der Waals surface area contributed by atoms with Gasteiger partial charge in [-0.2, -0.15) is 9.97 Å². The molecule has 0 aromatic carbocycles. The monoisotopic (exact) mass is 434 g/mol. The SMILES string of the molecule is CCOCCCCCC1CCN(Nc2nc(Cl)nc3c2ncn3C2CCCC2)CC1. The van der Waals surface area contributed by atoms with Crippen LogP contribution in [0.1, 0.15) is 77.2 Å². The van der Waals surface area contributed by atoms with E-state index in [1.165, 1.54) is 64.2 Å². The van der Waals surface area contributed by atoms with Gasteiger partial charge in [-0.3, -0.25) is 0 Å². The predicted octanol–water partition coefficient (Wildman–Crippen LogP) is 5.23. The van der Waals surface area contributed by atoms with Gasteiger partial charge in [-0.1, -0.05) is 32.1 Å². The van der Waals surface area contributed by atoms with E-state index in [0.717, 1.165) is 49.2 Å². The Kier molecular flexibility index (Phi) is 7.79. The maximum atomic E-state index is 6.27. The van der Waals surface area contributed by atoms with Crippen LogP contribution in [0.25, 0.3) is 11.2 Å². The number of rotatable bonds is 10. The molecular formula is C22H35ClN6O. The molecule has 2 fully saturated rings. The molecule has 0 amide bonds. The Morgan fingerprint density at radius 2 is 1.90 bits per heavy atom. The van der Waals surface area contributed by atoms with Crippen molar-refractivity contribution < 1.29 is 4.74 Å². The lowest BCUT2D eigenvalue weighted by molar-refractivity contribution is 0.141. The maximum Gasteiger partial charge on any atom is 0.226 e. The van der Waals surface area contributed by atoms with Crippen LogP contribution in [0.15, 0.2) is 6.33 Å². The first-order valence-corrected chi connectivity index (χ1v) is 12.1. The first-order chi connectivity index (χ1) is 14.7. The number of imidazole rings is 1. The van der Waals surface area contributed by atoms with Crippen LogP contribution in [0, 0.1) is 5.92 Å². The number of nitrogens with zero attached hydrogens (tertiary/aromatic N) is 5. The number of anilines is 1. The van der Waals surface area contributed by atoms with Crippen molar-refractivity contribution in [3.8, 4) is 0 Å². The second-order valence-electron chi connectivity index (χ2n) is 8.69. The molecule has 2 aliphatic rings. The summed E-state index contributed by atoms with van der Waals surface area (Å²) in [6.45, 7) is 5.84. The lowest BCUT2D eigenvalue weighted by atomic mass is 9.92. The van der Waals surface area contributed by atoms with Crippen LogP contribution in [0.5, 0.6) is 0 Å². The molecule has 1 saturated heterocycles. The molecule has 0 atom stereocenters. The van der Waals surface area contributed by atoms with Gasteiger partial charge in [0.05, 0.1) is 6.33 Å². The third kappa shape index (κ3) is 5.42. The Balaban J connectivity index is 1.30. The zero-order valence-corrected chi connectivity index (χ0v) is 18.9. The summed E-state index contributed by atoms with van der Waals surface area (Å²) < 4.78 is 7.62. The first kappa shape index (κ1) is 21.8. The Morgan fingerprint density at radius 3 is 2.67 bits per heavy atom. The van der Waals surface area contributed by atoms with Crippen molar-refractivity contribution in [2.75, 3.05) is 31.7 Å². The van der Waals surface area contributed by atoms with Crippen molar-refractivity contribution in [2.24, 2.45) is 5.92 Å². The fourth-order valence-corrected chi connectivity index (χ4v) is 5.02. The highest BCUT2D eigenvalue weighted by Crippen LogP contribution is 2.33. The number of piperidine rings is 1. The molecule has 0 unspecified atom stereocenters. The van der Waals surface area contributed by atoms with E-state index in [2.05, 4.69) is 36.9 Å². The van der Waals surface area contributed by atoms with Crippen molar-refractivity contribution in [2.45, 2.75) is 77.2 Å². The minimum atomic E-state index is 0.284. The van der Waals surface area contributed by atoms with Crippen LogP contribution < -0.4 is 5.43 Å². The molecule has 1 aliphatic heterocycles. The van der Waals surface area contributed by atoms with Gasteiger partial charge < -0.3 is 14.7 Å². The highest BCUT2D eigenvalue weighted by Gasteiger charge is 2.24. The van der Waals surface area contributed by atoms with Gasteiger partial charge >= 0.3 is 0 Å². The third-order valence-electron chi connectivity index (χ3n) is 6.60. The van der Waals surface area contributed by atoms with Crippen molar-refractivity contribution in [1.82, 2.24) is 24.5 Å². The van der Waals surface area contributed by atoms with Gasteiger partial charge in [0.1, 0.15) is 0 Å². The number of aromatic nitrogens is 4.